The van der Waals surface area contributed by atoms with Gasteiger partial charge in [0, 0.05) is 30.3 Å². The molecular formula is C23H25FN6O. The molecule has 0 aliphatic carbocycles. The van der Waals surface area contributed by atoms with E-state index < -0.39 is 6.17 Å². The molecule has 0 amide bonds. The number of alkyl halides is 1. The second-order valence-electron chi connectivity index (χ2n) is 8.46. The summed E-state index contributed by atoms with van der Waals surface area (Å²) in [5.41, 5.74) is 3.42. The van der Waals surface area contributed by atoms with Crippen molar-refractivity contribution in [3.8, 4) is 28.3 Å². The zero-order valence-electron chi connectivity index (χ0n) is 17.5. The lowest BCUT2D eigenvalue weighted by molar-refractivity contribution is 0.176. The summed E-state index contributed by atoms with van der Waals surface area (Å²) in [6.45, 7) is 1.88. The minimum Gasteiger partial charge on any atom is -0.507 e. The van der Waals surface area contributed by atoms with E-state index in [4.69, 9.17) is 0 Å². The predicted octanol–water partition coefficient (Wildman–Crippen LogP) is 3.28. The van der Waals surface area contributed by atoms with E-state index in [1.54, 1.807) is 24.5 Å². The van der Waals surface area contributed by atoms with Gasteiger partial charge < -0.3 is 15.3 Å². The van der Waals surface area contributed by atoms with E-state index in [0.717, 1.165) is 30.5 Å². The maximum atomic E-state index is 14.9. The summed E-state index contributed by atoms with van der Waals surface area (Å²) < 4.78 is 14.9. The molecule has 3 aromatic rings. The first-order valence-corrected chi connectivity index (χ1v) is 10.6. The number of benzene rings is 1. The van der Waals surface area contributed by atoms with E-state index >= 15 is 0 Å². The molecule has 31 heavy (non-hydrogen) atoms. The molecule has 2 aliphatic rings. The van der Waals surface area contributed by atoms with Gasteiger partial charge in [-0.15, -0.1) is 0 Å². The summed E-state index contributed by atoms with van der Waals surface area (Å²) in [4.78, 5) is 10.9. The molecule has 2 saturated heterocycles. The lowest BCUT2D eigenvalue weighted by Gasteiger charge is -2.38. The van der Waals surface area contributed by atoms with Crippen LogP contribution in [-0.2, 0) is 0 Å². The Morgan fingerprint density at radius 3 is 2.65 bits per heavy atom. The number of aromatic nitrogens is 4. The topological polar surface area (TPSA) is 87.1 Å². The van der Waals surface area contributed by atoms with Gasteiger partial charge in [-0.05, 0) is 50.5 Å². The maximum Gasteiger partial charge on any atom is 0.147 e. The maximum absolute atomic E-state index is 14.9. The molecule has 1 aromatic carbocycles. The van der Waals surface area contributed by atoms with Crippen LogP contribution in [0.1, 0.15) is 25.0 Å². The largest absolute Gasteiger partial charge is 0.507 e. The zero-order chi connectivity index (χ0) is 21.5. The van der Waals surface area contributed by atoms with Gasteiger partial charge in [0.15, 0.2) is 0 Å². The van der Waals surface area contributed by atoms with Crippen LogP contribution in [0.5, 0.6) is 5.75 Å². The standard InChI is InChI=1S/C23H25FN6O/c1-13-3-7-17(29-28-13)14-4-6-16(21(31)9-14)19-11-26-22(12-25-19)30(2)20-10-15-5-8-18(27-15)23(20)24/h3-4,6-7,9,11-12,15,18,20,23,27,31H,5,8,10H2,1-2H3/t15?,18?,20-,23+/m0/s1. The lowest BCUT2D eigenvalue weighted by atomic mass is 9.96. The number of anilines is 1. The Balaban J connectivity index is 1.35. The number of fused-ring (bicyclic) bond motifs is 2. The summed E-state index contributed by atoms with van der Waals surface area (Å²) in [6.07, 6.45) is 5.03. The van der Waals surface area contributed by atoms with Crippen LogP contribution in [0.15, 0.2) is 42.7 Å². The van der Waals surface area contributed by atoms with Gasteiger partial charge >= 0.3 is 0 Å². The molecule has 0 spiro atoms. The van der Waals surface area contributed by atoms with E-state index in [1.807, 2.05) is 37.1 Å². The Morgan fingerprint density at radius 1 is 1.06 bits per heavy atom. The molecular weight excluding hydrogens is 395 g/mol. The Hall–Kier alpha value is -3.13. The number of piperidine rings is 1. The summed E-state index contributed by atoms with van der Waals surface area (Å²) in [6, 6.07) is 9.17. The normalized spacial score (nSPS) is 24.9. The summed E-state index contributed by atoms with van der Waals surface area (Å²) in [5, 5.41) is 22.1. The van der Waals surface area contributed by atoms with Gasteiger partial charge in [-0.3, -0.25) is 4.98 Å². The van der Waals surface area contributed by atoms with Gasteiger partial charge in [0.1, 0.15) is 17.7 Å². The van der Waals surface area contributed by atoms with Crippen molar-refractivity contribution in [2.24, 2.45) is 0 Å². The predicted molar refractivity (Wildman–Crippen MR) is 117 cm³/mol. The van der Waals surface area contributed by atoms with Crippen molar-refractivity contribution in [2.45, 2.75) is 50.5 Å². The Bertz CT molecular complexity index is 1070. The van der Waals surface area contributed by atoms with Crippen molar-refractivity contribution < 1.29 is 9.50 Å². The Morgan fingerprint density at radius 2 is 1.94 bits per heavy atom. The average Bonchev–Trinajstić information content (AvgIpc) is 3.20. The van der Waals surface area contributed by atoms with Crippen molar-refractivity contribution >= 4 is 5.82 Å². The van der Waals surface area contributed by atoms with E-state index in [0.29, 0.717) is 28.8 Å². The molecule has 2 unspecified atom stereocenters. The Kier molecular flexibility index (Phi) is 5.02. The van der Waals surface area contributed by atoms with Crippen LogP contribution < -0.4 is 10.2 Å². The highest BCUT2D eigenvalue weighted by molar-refractivity contribution is 5.72. The SMILES string of the molecule is Cc1ccc(-c2ccc(-c3cnc(N(C)[C@H]4CC5CCC(N5)[C@H]4F)cn3)c(O)c2)nn1. The number of phenols is 1. The summed E-state index contributed by atoms with van der Waals surface area (Å²) in [7, 11) is 1.88. The van der Waals surface area contributed by atoms with Crippen molar-refractivity contribution in [1.82, 2.24) is 25.5 Å². The quantitative estimate of drug-likeness (QED) is 0.670. The van der Waals surface area contributed by atoms with Gasteiger partial charge in [0.25, 0.3) is 0 Å². The number of aromatic hydroxyl groups is 1. The number of halogens is 1. The highest BCUT2D eigenvalue weighted by Crippen LogP contribution is 2.34. The van der Waals surface area contributed by atoms with Crippen LogP contribution >= 0.6 is 0 Å². The fraction of sp³-hybridized carbons (Fsp3) is 0.391. The fourth-order valence-electron chi connectivity index (χ4n) is 4.62. The second kappa shape index (κ2) is 7.85. The first kappa shape index (κ1) is 19.8. The van der Waals surface area contributed by atoms with Crippen LogP contribution in [0.25, 0.3) is 22.5 Å². The van der Waals surface area contributed by atoms with Crippen molar-refractivity contribution in [3.63, 3.8) is 0 Å². The molecule has 2 N–H and O–H groups in total. The third-order valence-electron chi connectivity index (χ3n) is 6.42. The van der Waals surface area contributed by atoms with Gasteiger partial charge in [-0.1, -0.05) is 6.07 Å². The zero-order valence-corrected chi connectivity index (χ0v) is 17.5. The molecule has 8 heteroatoms. The monoisotopic (exact) mass is 420 g/mol. The van der Waals surface area contributed by atoms with Gasteiger partial charge in [0.2, 0.25) is 0 Å². The third kappa shape index (κ3) is 3.72. The summed E-state index contributed by atoms with van der Waals surface area (Å²) in [5.74, 6) is 0.720. The number of rotatable bonds is 4. The highest BCUT2D eigenvalue weighted by atomic mass is 19.1. The molecule has 0 radical (unpaired) electrons. The van der Waals surface area contributed by atoms with E-state index in [9.17, 15) is 9.50 Å². The number of nitrogens with one attached hydrogen (secondary N) is 1. The highest BCUT2D eigenvalue weighted by Gasteiger charge is 2.43. The summed E-state index contributed by atoms with van der Waals surface area (Å²) >= 11 is 0. The first-order valence-electron chi connectivity index (χ1n) is 10.6. The molecule has 4 heterocycles. The molecule has 2 aliphatic heterocycles. The van der Waals surface area contributed by atoms with Crippen LogP contribution in [0.4, 0.5) is 10.2 Å². The molecule has 7 nitrogen and oxygen atoms in total. The van der Waals surface area contributed by atoms with E-state index in [-0.39, 0.29) is 17.8 Å². The average molecular weight is 420 g/mol. The molecule has 2 fully saturated rings. The number of nitrogens with zero attached hydrogens (tertiary/aromatic N) is 5. The van der Waals surface area contributed by atoms with E-state index in [2.05, 4.69) is 25.5 Å². The van der Waals surface area contributed by atoms with Crippen molar-refractivity contribution in [1.29, 1.82) is 0 Å². The molecule has 4 atom stereocenters. The smallest absolute Gasteiger partial charge is 0.147 e. The molecule has 2 aromatic heterocycles. The van der Waals surface area contributed by atoms with Crippen molar-refractivity contribution in [2.75, 3.05) is 11.9 Å². The van der Waals surface area contributed by atoms with Crippen LogP contribution in [0, 0.1) is 6.92 Å². The second-order valence-corrected chi connectivity index (χ2v) is 8.46. The minimum atomic E-state index is -0.924. The van der Waals surface area contributed by atoms with Crippen LogP contribution in [-0.4, -0.2) is 56.6 Å². The molecule has 160 valence electrons. The van der Waals surface area contributed by atoms with Crippen LogP contribution in [0.3, 0.4) is 0 Å². The third-order valence-corrected chi connectivity index (χ3v) is 6.42. The van der Waals surface area contributed by atoms with Crippen molar-refractivity contribution in [3.05, 3.63) is 48.4 Å². The molecule has 5 rings (SSSR count). The van der Waals surface area contributed by atoms with Crippen LogP contribution in [0.2, 0.25) is 0 Å². The fourth-order valence-corrected chi connectivity index (χ4v) is 4.62. The molecule has 2 bridgehead atoms. The van der Waals surface area contributed by atoms with Gasteiger partial charge in [-0.2, -0.15) is 10.2 Å². The number of aryl methyl sites for hydroxylation is 1. The van der Waals surface area contributed by atoms with Gasteiger partial charge in [-0.25, -0.2) is 9.37 Å². The van der Waals surface area contributed by atoms with Gasteiger partial charge in [0.05, 0.1) is 35.5 Å². The first-order chi connectivity index (χ1) is 15.0. The van der Waals surface area contributed by atoms with E-state index in [1.165, 1.54) is 0 Å². The number of phenolic OH excluding ortho intramolecular Hbond substituents is 1. The Labute approximate surface area is 180 Å². The minimum absolute atomic E-state index is 0.0629. The lowest BCUT2D eigenvalue weighted by Crippen LogP contribution is -2.55. The molecule has 0 saturated carbocycles. The number of hydrogen-bond donors (Lipinski definition) is 2. The number of hydrogen-bond acceptors (Lipinski definition) is 7.